The van der Waals surface area contributed by atoms with Crippen LogP contribution in [-0.4, -0.2) is 45.9 Å². The lowest BCUT2D eigenvalue weighted by Crippen LogP contribution is -2.42. The molecule has 2 N–H and O–H groups in total. The van der Waals surface area contributed by atoms with Gasteiger partial charge in [0.15, 0.2) is 0 Å². The number of fused-ring (bicyclic) bond motifs is 3. The van der Waals surface area contributed by atoms with Crippen molar-refractivity contribution in [3.05, 3.63) is 30.1 Å². The van der Waals surface area contributed by atoms with Crippen LogP contribution < -0.4 is 5.32 Å². The van der Waals surface area contributed by atoms with Crippen LogP contribution in [0, 0.1) is 0 Å². The quantitative estimate of drug-likeness (QED) is 0.909. The van der Waals surface area contributed by atoms with E-state index in [2.05, 4.69) is 20.2 Å². The maximum absolute atomic E-state index is 12.7. The molecular weight excluding hydrogens is 276 g/mol. The zero-order chi connectivity index (χ0) is 14.9. The normalized spacial score (nSPS) is 24.6. The summed E-state index contributed by atoms with van der Waals surface area (Å²) in [5.74, 6) is 1.20. The maximum atomic E-state index is 12.7. The molecule has 22 heavy (non-hydrogen) atoms. The lowest BCUT2D eigenvalue weighted by molar-refractivity contribution is -0.133. The number of aromatic nitrogens is 2. The zero-order valence-electron chi connectivity index (χ0n) is 12.7. The van der Waals surface area contributed by atoms with Crippen LogP contribution in [0.15, 0.2) is 24.3 Å². The van der Waals surface area contributed by atoms with Crippen LogP contribution >= 0.6 is 0 Å². The van der Waals surface area contributed by atoms with Gasteiger partial charge in [0.25, 0.3) is 0 Å². The van der Waals surface area contributed by atoms with Crippen LogP contribution in [0.1, 0.15) is 31.5 Å². The molecular formula is C17H22N4O. The Labute approximate surface area is 130 Å². The molecule has 2 aliphatic rings. The number of aromatic amines is 1. The Bertz CT molecular complexity index is 633. The van der Waals surface area contributed by atoms with Gasteiger partial charge in [-0.1, -0.05) is 12.1 Å². The third-order valence-electron chi connectivity index (χ3n) is 4.96. The highest BCUT2D eigenvalue weighted by atomic mass is 16.2. The second-order valence-electron chi connectivity index (χ2n) is 6.38. The summed E-state index contributed by atoms with van der Waals surface area (Å²) in [6.07, 6.45) is 4.65. The number of rotatable bonds is 3. The smallest absolute Gasteiger partial charge is 0.223 e. The number of hydrogen-bond acceptors (Lipinski definition) is 3. The first-order chi connectivity index (χ1) is 10.8. The molecule has 0 radical (unpaired) electrons. The fraction of sp³-hybridized carbons (Fsp3) is 0.529. The number of carbonyl (C=O) groups excluding carboxylic acids is 1. The molecule has 0 aliphatic carbocycles. The second kappa shape index (κ2) is 5.72. The molecule has 4 rings (SSSR count). The van der Waals surface area contributed by atoms with Gasteiger partial charge in [-0.3, -0.25) is 4.79 Å². The summed E-state index contributed by atoms with van der Waals surface area (Å²) in [5.41, 5.74) is 2.02. The van der Waals surface area contributed by atoms with Gasteiger partial charge in [-0.05, 0) is 37.9 Å². The van der Waals surface area contributed by atoms with Crippen molar-refractivity contribution in [2.45, 2.75) is 44.2 Å². The highest BCUT2D eigenvalue weighted by Crippen LogP contribution is 2.28. The van der Waals surface area contributed by atoms with Crippen LogP contribution in [0.5, 0.6) is 0 Å². The molecule has 0 unspecified atom stereocenters. The molecule has 2 aliphatic heterocycles. The number of para-hydroxylation sites is 2. The van der Waals surface area contributed by atoms with E-state index in [0.717, 1.165) is 42.8 Å². The third kappa shape index (κ3) is 2.50. The van der Waals surface area contributed by atoms with E-state index < -0.39 is 0 Å². The molecule has 2 bridgehead atoms. The van der Waals surface area contributed by atoms with Crippen molar-refractivity contribution in [2.75, 3.05) is 13.1 Å². The van der Waals surface area contributed by atoms with Gasteiger partial charge in [-0.15, -0.1) is 0 Å². The summed E-state index contributed by atoms with van der Waals surface area (Å²) >= 11 is 0. The number of carbonyl (C=O) groups is 1. The van der Waals surface area contributed by atoms with Crippen LogP contribution in [-0.2, 0) is 11.2 Å². The molecule has 3 heterocycles. The Balaban J connectivity index is 1.43. The summed E-state index contributed by atoms with van der Waals surface area (Å²) in [5, 5.41) is 3.44. The van der Waals surface area contributed by atoms with E-state index in [1.807, 2.05) is 24.3 Å². The van der Waals surface area contributed by atoms with Gasteiger partial charge in [0, 0.05) is 31.5 Å². The standard InChI is InChI=1S/C17H22N4O/c22-17(21-12-5-6-13(21)11-18-10-9-12)8-7-16-19-14-3-1-2-4-15(14)20-16/h1-4,12-13,18H,5-11H2,(H,19,20)/t12-,13+/m1/s1. The molecule has 1 amide bonds. The molecule has 0 spiro atoms. The monoisotopic (exact) mass is 298 g/mol. The van der Waals surface area contributed by atoms with Crippen molar-refractivity contribution >= 4 is 16.9 Å². The van der Waals surface area contributed by atoms with Gasteiger partial charge in [0.1, 0.15) is 5.82 Å². The van der Waals surface area contributed by atoms with Crippen molar-refractivity contribution in [3.8, 4) is 0 Å². The summed E-state index contributed by atoms with van der Waals surface area (Å²) in [6.45, 7) is 1.99. The lowest BCUT2D eigenvalue weighted by atomic mass is 10.1. The van der Waals surface area contributed by atoms with Gasteiger partial charge < -0.3 is 15.2 Å². The largest absolute Gasteiger partial charge is 0.342 e. The molecule has 1 aromatic heterocycles. The second-order valence-corrected chi connectivity index (χ2v) is 6.38. The Morgan fingerprint density at radius 3 is 3.00 bits per heavy atom. The van der Waals surface area contributed by atoms with E-state index in [1.54, 1.807) is 0 Å². The Hall–Kier alpha value is -1.88. The lowest BCUT2D eigenvalue weighted by Gasteiger charge is -2.27. The molecule has 116 valence electrons. The molecule has 5 heteroatoms. The van der Waals surface area contributed by atoms with E-state index in [9.17, 15) is 4.79 Å². The number of aryl methyl sites for hydroxylation is 1. The predicted octanol–water partition coefficient (Wildman–Crippen LogP) is 1.85. The van der Waals surface area contributed by atoms with Crippen molar-refractivity contribution < 1.29 is 4.79 Å². The van der Waals surface area contributed by atoms with Gasteiger partial charge >= 0.3 is 0 Å². The van der Waals surface area contributed by atoms with Gasteiger partial charge in [-0.2, -0.15) is 0 Å². The Morgan fingerprint density at radius 2 is 2.09 bits per heavy atom. The number of amides is 1. The predicted molar refractivity (Wildman–Crippen MR) is 85.6 cm³/mol. The number of imidazole rings is 1. The minimum Gasteiger partial charge on any atom is -0.342 e. The van der Waals surface area contributed by atoms with E-state index >= 15 is 0 Å². The summed E-state index contributed by atoms with van der Waals surface area (Å²) < 4.78 is 0. The van der Waals surface area contributed by atoms with Gasteiger partial charge in [-0.25, -0.2) is 4.98 Å². The number of nitrogens with one attached hydrogen (secondary N) is 2. The molecule has 2 atom stereocenters. The maximum Gasteiger partial charge on any atom is 0.223 e. The van der Waals surface area contributed by atoms with E-state index in [4.69, 9.17) is 0 Å². The average Bonchev–Trinajstić information content (AvgIpc) is 3.04. The molecule has 2 aromatic rings. The number of benzene rings is 1. The number of nitrogens with zero attached hydrogens (tertiary/aromatic N) is 2. The minimum atomic E-state index is 0.289. The van der Waals surface area contributed by atoms with Crippen molar-refractivity contribution in [2.24, 2.45) is 0 Å². The first-order valence-electron chi connectivity index (χ1n) is 8.27. The minimum absolute atomic E-state index is 0.289. The van der Waals surface area contributed by atoms with Crippen LogP contribution in [0.3, 0.4) is 0 Å². The molecule has 2 fully saturated rings. The first-order valence-corrected chi connectivity index (χ1v) is 8.27. The molecule has 5 nitrogen and oxygen atoms in total. The highest BCUT2D eigenvalue weighted by molar-refractivity contribution is 5.78. The van der Waals surface area contributed by atoms with E-state index in [0.29, 0.717) is 24.9 Å². The SMILES string of the molecule is O=C(CCc1nc2ccccc2[nH]1)N1[C@H]2CCNC[C@@H]1CC2. The van der Waals surface area contributed by atoms with Crippen molar-refractivity contribution in [3.63, 3.8) is 0 Å². The van der Waals surface area contributed by atoms with Crippen molar-refractivity contribution in [1.82, 2.24) is 20.2 Å². The topological polar surface area (TPSA) is 61.0 Å². The van der Waals surface area contributed by atoms with Gasteiger partial charge in [0.2, 0.25) is 5.91 Å². The fourth-order valence-corrected chi connectivity index (χ4v) is 3.87. The number of hydrogen-bond donors (Lipinski definition) is 2. The van der Waals surface area contributed by atoms with Crippen molar-refractivity contribution in [1.29, 1.82) is 0 Å². The summed E-state index contributed by atoms with van der Waals surface area (Å²) in [6, 6.07) is 8.85. The Morgan fingerprint density at radius 1 is 1.23 bits per heavy atom. The fourth-order valence-electron chi connectivity index (χ4n) is 3.87. The van der Waals surface area contributed by atoms with Gasteiger partial charge in [0.05, 0.1) is 11.0 Å². The van der Waals surface area contributed by atoms with Crippen LogP contribution in [0.4, 0.5) is 0 Å². The van der Waals surface area contributed by atoms with Crippen LogP contribution in [0.25, 0.3) is 11.0 Å². The third-order valence-corrected chi connectivity index (χ3v) is 4.96. The highest BCUT2D eigenvalue weighted by Gasteiger charge is 2.37. The average molecular weight is 298 g/mol. The molecule has 0 saturated carbocycles. The molecule has 1 aromatic carbocycles. The summed E-state index contributed by atoms with van der Waals surface area (Å²) in [4.78, 5) is 22.7. The van der Waals surface area contributed by atoms with Crippen LogP contribution in [0.2, 0.25) is 0 Å². The van der Waals surface area contributed by atoms with E-state index in [1.165, 1.54) is 6.42 Å². The zero-order valence-corrected chi connectivity index (χ0v) is 12.7. The number of H-pyrrole nitrogens is 1. The van der Waals surface area contributed by atoms with E-state index in [-0.39, 0.29) is 5.91 Å². The molecule has 2 saturated heterocycles. The Kier molecular flexibility index (Phi) is 3.58. The first kappa shape index (κ1) is 13.8. The summed E-state index contributed by atoms with van der Waals surface area (Å²) in [7, 11) is 0.